The van der Waals surface area contributed by atoms with E-state index in [0.717, 1.165) is 26.7 Å². The molecule has 0 saturated carbocycles. The van der Waals surface area contributed by atoms with Crippen LogP contribution >= 0.6 is 11.3 Å². The highest BCUT2D eigenvalue weighted by Crippen LogP contribution is 2.41. The summed E-state index contributed by atoms with van der Waals surface area (Å²) >= 11 is 1.48. The highest BCUT2D eigenvalue weighted by Gasteiger charge is 2.24. The van der Waals surface area contributed by atoms with Gasteiger partial charge in [-0.1, -0.05) is 0 Å². The van der Waals surface area contributed by atoms with Gasteiger partial charge in [0.1, 0.15) is 4.88 Å². The molecule has 3 aromatic heterocycles. The number of carbonyl (C=O) groups excluding carboxylic acids is 1. The monoisotopic (exact) mass is 415 g/mol. The van der Waals surface area contributed by atoms with Crippen LogP contribution < -0.4 is 10.6 Å². The number of nitrogens with one attached hydrogen (secondary N) is 2. The molecule has 0 aliphatic carbocycles. The molecule has 4 aromatic rings. The zero-order valence-electron chi connectivity index (χ0n) is 16.1. The topological polar surface area (TPSA) is 100 Å². The van der Waals surface area contributed by atoms with E-state index in [1.54, 1.807) is 6.07 Å². The van der Waals surface area contributed by atoms with Crippen LogP contribution in [-0.4, -0.2) is 38.6 Å². The van der Waals surface area contributed by atoms with Gasteiger partial charge < -0.3 is 15.7 Å². The molecule has 148 valence electrons. The summed E-state index contributed by atoms with van der Waals surface area (Å²) in [6.07, 6.45) is 5.44. The highest BCUT2D eigenvalue weighted by atomic mass is 32.1. The van der Waals surface area contributed by atoms with Crippen LogP contribution in [0.3, 0.4) is 0 Å². The number of aliphatic hydroxyl groups excluding tert-OH is 1. The van der Waals surface area contributed by atoms with E-state index in [1.807, 2.05) is 31.2 Å². The van der Waals surface area contributed by atoms with Gasteiger partial charge in [0, 0.05) is 28.1 Å². The van der Waals surface area contributed by atoms with Gasteiger partial charge in [0.2, 0.25) is 5.82 Å². The Morgan fingerprint density at radius 2 is 2.10 bits per heavy atom. The van der Waals surface area contributed by atoms with Crippen molar-refractivity contribution in [3.05, 3.63) is 46.7 Å². The Hall–Kier alpha value is -3.54. The van der Waals surface area contributed by atoms with E-state index in [4.69, 9.17) is 11.4 Å². The molecule has 1 aliphatic rings. The number of thiophene rings is 1. The largest absolute Gasteiger partial charge is 0.390 e. The third kappa shape index (κ3) is 2.96. The predicted octanol–water partition coefficient (Wildman–Crippen LogP) is 2.92. The van der Waals surface area contributed by atoms with Crippen LogP contribution in [0.15, 0.2) is 30.3 Å². The lowest BCUT2D eigenvalue weighted by Crippen LogP contribution is -2.34. The van der Waals surface area contributed by atoms with Gasteiger partial charge in [-0.25, -0.2) is 15.0 Å². The fourth-order valence-electron chi connectivity index (χ4n) is 3.64. The number of amides is 1. The van der Waals surface area contributed by atoms with E-state index < -0.39 is 0 Å². The van der Waals surface area contributed by atoms with Crippen molar-refractivity contribution in [1.29, 1.82) is 0 Å². The predicted molar refractivity (Wildman–Crippen MR) is 117 cm³/mol. The number of fused-ring (bicyclic) bond motifs is 5. The zero-order valence-corrected chi connectivity index (χ0v) is 16.9. The number of benzene rings is 1. The van der Waals surface area contributed by atoms with Crippen molar-refractivity contribution in [1.82, 2.24) is 20.3 Å². The van der Waals surface area contributed by atoms with Crippen LogP contribution in [0.4, 0.5) is 5.69 Å². The summed E-state index contributed by atoms with van der Waals surface area (Å²) < 4.78 is 1.03. The number of rotatable bonds is 2. The normalized spacial score (nSPS) is 15.9. The Kier molecular flexibility index (Phi) is 4.35. The minimum atomic E-state index is -0.231. The SMILES string of the molecule is C#Cc1nc(CO)cc(-c2ccc3c(ccc4sc5c(c43)NC[C@@H](C)NC5=O)n2)n1. The van der Waals surface area contributed by atoms with Gasteiger partial charge in [0.05, 0.1) is 34.9 Å². The number of terminal acetylenes is 1. The second-order valence-electron chi connectivity index (χ2n) is 7.13. The molecule has 4 heterocycles. The minimum Gasteiger partial charge on any atom is -0.390 e. The maximum absolute atomic E-state index is 12.6. The van der Waals surface area contributed by atoms with Crippen molar-refractivity contribution in [2.75, 3.05) is 11.9 Å². The van der Waals surface area contributed by atoms with Crippen molar-refractivity contribution >= 4 is 43.9 Å². The quantitative estimate of drug-likeness (QED) is 0.435. The van der Waals surface area contributed by atoms with Crippen LogP contribution in [0.1, 0.15) is 28.1 Å². The van der Waals surface area contributed by atoms with Gasteiger partial charge in [-0.3, -0.25) is 4.79 Å². The number of aromatic nitrogens is 3. The number of nitrogens with zero attached hydrogens (tertiary/aromatic N) is 3. The summed E-state index contributed by atoms with van der Waals surface area (Å²) in [7, 11) is 0. The lowest BCUT2D eigenvalue weighted by atomic mass is 10.1. The van der Waals surface area contributed by atoms with Crippen LogP contribution in [0.25, 0.3) is 32.4 Å². The van der Waals surface area contributed by atoms with Gasteiger partial charge in [0.15, 0.2) is 0 Å². The van der Waals surface area contributed by atoms with E-state index in [0.29, 0.717) is 28.5 Å². The molecule has 0 fully saturated rings. The molecule has 1 atom stereocenters. The van der Waals surface area contributed by atoms with Crippen LogP contribution in [0.5, 0.6) is 0 Å². The smallest absolute Gasteiger partial charge is 0.263 e. The molecule has 0 saturated heterocycles. The molecule has 1 aromatic carbocycles. The summed E-state index contributed by atoms with van der Waals surface area (Å²) in [5.74, 6) is 2.57. The summed E-state index contributed by atoms with van der Waals surface area (Å²) in [6, 6.07) is 9.51. The van der Waals surface area contributed by atoms with Crippen LogP contribution in [0.2, 0.25) is 0 Å². The molecule has 30 heavy (non-hydrogen) atoms. The van der Waals surface area contributed by atoms with Gasteiger partial charge in [-0.2, -0.15) is 0 Å². The fourth-order valence-corrected chi connectivity index (χ4v) is 4.74. The Morgan fingerprint density at radius 3 is 2.90 bits per heavy atom. The maximum atomic E-state index is 12.6. The number of hydrogen-bond acceptors (Lipinski definition) is 7. The fraction of sp³-hybridized carbons (Fsp3) is 0.182. The molecule has 5 rings (SSSR count). The first-order valence-corrected chi connectivity index (χ1v) is 10.3. The van der Waals surface area contributed by atoms with Crippen LogP contribution in [-0.2, 0) is 6.61 Å². The number of hydrogen-bond donors (Lipinski definition) is 3. The summed E-state index contributed by atoms with van der Waals surface area (Å²) in [5, 5.41) is 17.8. The van der Waals surface area contributed by atoms with Gasteiger partial charge in [0.25, 0.3) is 5.91 Å². The minimum absolute atomic E-state index is 0.0516. The van der Waals surface area contributed by atoms with E-state index in [-0.39, 0.29) is 24.4 Å². The van der Waals surface area contributed by atoms with E-state index in [2.05, 4.69) is 26.5 Å². The van der Waals surface area contributed by atoms with Crippen molar-refractivity contribution < 1.29 is 9.90 Å². The third-order valence-corrected chi connectivity index (χ3v) is 6.18. The van der Waals surface area contributed by atoms with Gasteiger partial charge in [-0.05, 0) is 43.2 Å². The molecular weight excluding hydrogens is 398 g/mol. The third-order valence-electron chi connectivity index (χ3n) is 5.02. The standard InChI is InChI=1S/C22H17N5O2S/c1-3-18-25-12(10-28)8-16(27-18)15-5-4-13-14(26-15)6-7-17-19(13)20-21(30-17)22(29)24-11(2)9-23-20/h1,4-8,11,23,28H,9-10H2,2H3,(H,24,29)/t11-/m1/s1. The zero-order chi connectivity index (χ0) is 20.8. The highest BCUT2D eigenvalue weighted by molar-refractivity contribution is 7.21. The average molecular weight is 415 g/mol. The second kappa shape index (κ2) is 7.06. The summed E-state index contributed by atoms with van der Waals surface area (Å²) in [6.45, 7) is 2.40. The van der Waals surface area contributed by atoms with E-state index >= 15 is 0 Å². The second-order valence-corrected chi connectivity index (χ2v) is 8.19. The van der Waals surface area contributed by atoms with Crippen molar-refractivity contribution in [3.63, 3.8) is 0 Å². The van der Waals surface area contributed by atoms with Gasteiger partial charge >= 0.3 is 0 Å². The van der Waals surface area contributed by atoms with Gasteiger partial charge in [-0.15, -0.1) is 17.8 Å². The summed E-state index contributed by atoms with van der Waals surface area (Å²) in [4.78, 5) is 26.5. The average Bonchev–Trinajstić information content (AvgIpc) is 3.09. The molecule has 3 N–H and O–H groups in total. The number of pyridine rings is 1. The molecule has 0 spiro atoms. The van der Waals surface area contributed by atoms with Crippen molar-refractivity contribution in [2.45, 2.75) is 19.6 Å². The molecule has 0 unspecified atom stereocenters. The van der Waals surface area contributed by atoms with Crippen molar-refractivity contribution in [3.8, 4) is 23.7 Å². The summed E-state index contributed by atoms with van der Waals surface area (Å²) in [5.41, 5.74) is 3.27. The Balaban J connectivity index is 1.70. The van der Waals surface area contributed by atoms with Crippen LogP contribution in [0, 0.1) is 12.3 Å². The molecule has 7 nitrogen and oxygen atoms in total. The lowest BCUT2D eigenvalue weighted by molar-refractivity contribution is 0.0949. The Labute approximate surface area is 176 Å². The first kappa shape index (κ1) is 18.5. The molecule has 1 aliphatic heterocycles. The number of anilines is 1. The molecule has 0 bridgehead atoms. The maximum Gasteiger partial charge on any atom is 0.263 e. The van der Waals surface area contributed by atoms with E-state index in [1.165, 1.54) is 11.3 Å². The number of carbonyl (C=O) groups is 1. The van der Waals surface area contributed by atoms with Crippen molar-refractivity contribution in [2.24, 2.45) is 0 Å². The molecule has 1 amide bonds. The number of aliphatic hydroxyl groups is 1. The molecular formula is C22H17N5O2S. The lowest BCUT2D eigenvalue weighted by Gasteiger charge is -2.10. The van der Waals surface area contributed by atoms with E-state index in [9.17, 15) is 9.90 Å². The Morgan fingerprint density at radius 1 is 1.23 bits per heavy atom. The molecule has 0 radical (unpaired) electrons. The first-order valence-electron chi connectivity index (χ1n) is 9.44. The first-order chi connectivity index (χ1) is 14.6. The molecule has 8 heteroatoms. The Bertz CT molecular complexity index is 1370.